The molecule has 0 atom stereocenters. The van der Waals surface area contributed by atoms with Crippen molar-refractivity contribution >= 4 is 5.91 Å². The highest BCUT2D eigenvalue weighted by molar-refractivity contribution is 5.76. The second-order valence-corrected chi connectivity index (χ2v) is 6.47. The minimum Gasteiger partial charge on any atom is -0.494 e. The van der Waals surface area contributed by atoms with Gasteiger partial charge in [-0.15, -0.1) is 0 Å². The second-order valence-electron chi connectivity index (χ2n) is 6.47. The Hall–Kier alpha value is -2.87. The summed E-state index contributed by atoms with van der Waals surface area (Å²) in [6.45, 7) is 6.17. The van der Waals surface area contributed by atoms with Crippen molar-refractivity contribution in [3.05, 3.63) is 62.9 Å². The van der Waals surface area contributed by atoms with Gasteiger partial charge in [0, 0.05) is 45.0 Å². The average molecular weight is 372 g/mol. The van der Waals surface area contributed by atoms with Gasteiger partial charge in [0.2, 0.25) is 5.91 Å². The molecule has 0 saturated carbocycles. The van der Waals surface area contributed by atoms with Gasteiger partial charge in [-0.1, -0.05) is 12.1 Å². The number of nitrogens with zero attached hydrogens (tertiary/aromatic N) is 3. The number of hydrogen-bond acceptors (Lipinski definition) is 5. The van der Waals surface area contributed by atoms with Crippen LogP contribution in [0.25, 0.3) is 0 Å². The molecule has 0 radical (unpaired) electrons. The third-order valence-corrected chi connectivity index (χ3v) is 4.57. The zero-order valence-corrected chi connectivity index (χ0v) is 15.4. The molecule has 1 aromatic heterocycles. The van der Waals surface area contributed by atoms with Crippen LogP contribution in [0.4, 0.5) is 0 Å². The molecule has 0 unspecified atom stereocenters. The summed E-state index contributed by atoms with van der Waals surface area (Å²) in [5, 5.41) is 0. The lowest BCUT2D eigenvalue weighted by molar-refractivity contribution is -0.133. The molecule has 2 aromatic rings. The van der Waals surface area contributed by atoms with E-state index in [0.29, 0.717) is 19.7 Å². The molecule has 1 aliphatic heterocycles. The molecule has 1 aromatic carbocycles. The van der Waals surface area contributed by atoms with Gasteiger partial charge in [0.1, 0.15) is 12.3 Å². The Bertz CT molecular complexity index is 880. The Morgan fingerprint density at radius 1 is 1.07 bits per heavy atom. The Morgan fingerprint density at radius 3 is 2.41 bits per heavy atom. The molecule has 1 saturated heterocycles. The van der Waals surface area contributed by atoms with Crippen LogP contribution in [0.3, 0.4) is 0 Å². The standard InChI is InChI=1S/C19H24N4O4/c1-2-27-16-5-3-15(4-6-16)13-21-9-11-22(12-10-21)18(25)14-23-8-7-17(24)20-19(23)26/h3-8H,2,9-14H2,1H3,(H,20,24,26). The maximum atomic E-state index is 12.4. The normalized spacial score (nSPS) is 14.9. The molecule has 0 aliphatic carbocycles. The number of nitrogens with one attached hydrogen (secondary N) is 1. The smallest absolute Gasteiger partial charge is 0.328 e. The molecule has 27 heavy (non-hydrogen) atoms. The Morgan fingerprint density at radius 2 is 1.78 bits per heavy atom. The molecule has 2 heterocycles. The van der Waals surface area contributed by atoms with Crippen LogP contribution in [-0.2, 0) is 17.9 Å². The van der Waals surface area contributed by atoms with E-state index in [4.69, 9.17) is 4.74 Å². The van der Waals surface area contributed by atoms with E-state index in [1.54, 1.807) is 4.90 Å². The Labute approximate surface area is 157 Å². The lowest BCUT2D eigenvalue weighted by Gasteiger charge is -2.34. The minimum absolute atomic E-state index is 0.0610. The first-order chi connectivity index (χ1) is 13.0. The number of piperazine rings is 1. The van der Waals surface area contributed by atoms with Crippen LogP contribution in [0.15, 0.2) is 46.1 Å². The molecule has 1 fully saturated rings. The molecule has 1 N–H and O–H groups in total. The Balaban J connectivity index is 1.50. The molecular weight excluding hydrogens is 348 g/mol. The SMILES string of the molecule is CCOc1ccc(CN2CCN(C(=O)Cn3ccc(=O)[nH]c3=O)CC2)cc1. The van der Waals surface area contributed by atoms with Crippen LogP contribution in [0.1, 0.15) is 12.5 Å². The summed E-state index contributed by atoms with van der Waals surface area (Å²) in [7, 11) is 0. The van der Waals surface area contributed by atoms with Crippen molar-refractivity contribution in [2.45, 2.75) is 20.0 Å². The molecule has 1 amide bonds. The van der Waals surface area contributed by atoms with Gasteiger partial charge in [0.15, 0.2) is 0 Å². The van der Waals surface area contributed by atoms with E-state index in [1.807, 2.05) is 19.1 Å². The highest BCUT2D eigenvalue weighted by Gasteiger charge is 2.21. The molecule has 144 valence electrons. The molecule has 0 bridgehead atoms. The van der Waals surface area contributed by atoms with Crippen molar-refractivity contribution in [2.75, 3.05) is 32.8 Å². The third kappa shape index (κ3) is 5.07. The van der Waals surface area contributed by atoms with Gasteiger partial charge in [-0.3, -0.25) is 24.0 Å². The maximum Gasteiger partial charge on any atom is 0.328 e. The lowest BCUT2D eigenvalue weighted by Crippen LogP contribution is -2.49. The van der Waals surface area contributed by atoms with Crippen molar-refractivity contribution in [1.82, 2.24) is 19.4 Å². The fraction of sp³-hybridized carbons (Fsp3) is 0.421. The molecule has 1 aliphatic rings. The second kappa shape index (κ2) is 8.68. The summed E-state index contributed by atoms with van der Waals surface area (Å²) in [6.07, 6.45) is 1.35. The van der Waals surface area contributed by atoms with Gasteiger partial charge in [-0.2, -0.15) is 0 Å². The number of aromatic amines is 1. The summed E-state index contributed by atoms with van der Waals surface area (Å²) >= 11 is 0. The molecule has 0 spiro atoms. The van der Waals surface area contributed by atoms with Gasteiger partial charge in [-0.25, -0.2) is 4.79 Å². The monoisotopic (exact) mass is 372 g/mol. The van der Waals surface area contributed by atoms with Crippen LogP contribution in [-0.4, -0.2) is 58.0 Å². The van der Waals surface area contributed by atoms with Gasteiger partial charge < -0.3 is 9.64 Å². The van der Waals surface area contributed by atoms with Crippen molar-refractivity contribution in [2.24, 2.45) is 0 Å². The predicted molar refractivity (Wildman–Crippen MR) is 101 cm³/mol. The third-order valence-electron chi connectivity index (χ3n) is 4.57. The van der Waals surface area contributed by atoms with E-state index in [9.17, 15) is 14.4 Å². The first-order valence-corrected chi connectivity index (χ1v) is 9.07. The number of ether oxygens (including phenoxy) is 1. The van der Waals surface area contributed by atoms with E-state index in [2.05, 4.69) is 22.0 Å². The number of H-pyrrole nitrogens is 1. The topological polar surface area (TPSA) is 87.6 Å². The number of benzene rings is 1. The zero-order chi connectivity index (χ0) is 19.2. The van der Waals surface area contributed by atoms with Crippen LogP contribution in [0.5, 0.6) is 5.75 Å². The zero-order valence-electron chi connectivity index (χ0n) is 15.4. The number of aromatic nitrogens is 2. The number of rotatable bonds is 6. The average Bonchev–Trinajstić information content (AvgIpc) is 2.66. The molecular formula is C19H24N4O4. The van der Waals surface area contributed by atoms with Crippen molar-refractivity contribution in [3.63, 3.8) is 0 Å². The largest absolute Gasteiger partial charge is 0.494 e. The van der Waals surface area contributed by atoms with Crippen molar-refractivity contribution < 1.29 is 9.53 Å². The van der Waals surface area contributed by atoms with Crippen molar-refractivity contribution in [3.8, 4) is 5.75 Å². The first kappa shape index (κ1) is 18.9. The summed E-state index contributed by atoms with van der Waals surface area (Å²) < 4.78 is 6.67. The fourth-order valence-electron chi connectivity index (χ4n) is 3.09. The minimum atomic E-state index is -0.565. The van der Waals surface area contributed by atoms with E-state index in [-0.39, 0.29) is 12.5 Å². The maximum absolute atomic E-state index is 12.4. The van der Waals surface area contributed by atoms with Gasteiger partial charge in [-0.05, 0) is 24.6 Å². The number of carbonyl (C=O) groups is 1. The van der Waals surface area contributed by atoms with E-state index < -0.39 is 11.2 Å². The van der Waals surface area contributed by atoms with Gasteiger partial charge >= 0.3 is 5.69 Å². The number of carbonyl (C=O) groups excluding carboxylic acids is 1. The lowest BCUT2D eigenvalue weighted by atomic mass is 10.2. The highest BCUT2D eigenvalue weighted by Crippen LogP contribution is 2.14. The summed E-state index contributed by atoms with van der Waals surface area (Å²) in [5.41, 5.74) is 0.176. The van der Waals surface area contributed by atoms with Gasteiger partial charge in [0.25, 0.3) is 5.56 Å². The fourth-order valence-corrected chi connectivity index (χ4v) is 3.09. The van der Waals surface area contributed by atoms with E-state index >= 15 is 0 Å². The first-order valence-electron chi connectivity index (χ1n) is 9.07. The van der Waals surface area contributed by atoms with E-state index in [1.165, 1.54) is 22.4 Å². The summed E-state index contributed by atoms with van der Waals surface area (Å²) in [6, 6.07) is 9.31. The van der Waals surface area contributed by atoms with E-state index in [0.717, 1.165) is 25.4 Å². The molecule has 8 heteroatoms. The van der Waals surface area contributed by atoms with Crippen LogP contribution in [0.2, 0.25) is 0 Å². The number of hydrogen-bond donors (Lipinski definition) is 1. The van der Waals surface area contributed by atoms with Gasteiger partial charge in [0.05, 0.1) is 6.61 Å². The Kier molecular flexibility index (Phi) is 6.08. The van der Waals surface area contributed by atoms with Crippen LogP contribution < -0.4 is 16.0 Å². The highest BCUT2D eigenvalue weighted by atomic mass is 16.5. The molecule has 8 nitrogen and oxygen atoms in total. The quantitative estimate of drug-likeness (QED) is 0.787. The molecule has 3 rings (SSSR count). The summed E-state index contributed by atoms with van der Waals surface area (Å²) in [4.78, 5) is 41.4. The number of amides is 1. The van der Waals surface area contributed by atoms with Crippen molar-refractivity contribution in [1.29, 1.82) is 0 Å². The van der Waals surface area contributed by atoms with Crippen LogP contribution in [0, 0.1) is 0 Å². The summed E-state index contributed by atoms with van der Waals surface area (Å²) in [5.74, 6) is 0.749. The predicted octanol–water partition coefficient (Wildman–Crippen LogP) is 0.280. The van der Waals surface area contributed by atoms with Crippen LogP contribution >= 0.6 is 0 Å².